The molecule has 0 spiro atoms. The minimum absolute atomic E-state index is 0.621. The Morgan fingerprint density at radius 1 is 0.947 bits per heavy atom. The molecule has 0 bridgehead atoms. The summed E-state index contributed by atoms with van der Waals surface area (Å²) in [6.07, 6.45) is 0. The van der Waals surface area contributed by atoms with Crippen molar-refractivity contribution in [3.8, 4) is 5.75 Å². The largest absolute Gasteiger partial charge is 0.489 e. The van der Waals surface area contributed by atoms with E-state index in [0.717, 1.165) is 18.8 Å². The summed E-state index contributed by atoms with van der Waals surface area (Å²) >= 11 is 0. The Hall–Kier alpha value is -1.80. The monoisotopic (exact) mass is 255 g/mol. The maximum Gasteiger partial charge on any atom is 0.124 e. The maximum atomic E-state index is 5.96. The molecule has 0 fully saturated rings. The SMILES string of the molecule is CCNCc1ccccc1OCc1ccccc1C. The quantitative estimate of drug-likeness (QED) is 0.850. The number of ether oxygens (including phenoxy) is 1. The lowest BCUT2D eigenvalue weighted by Gasteiger charge is -2.12. The molecule has 19 heavy (non-hydrogen) atoms. The fourth-order valence-electron chi connectivity index (χ4n) is 1.98. The summed E-state index contributed by atoms with van der Waals surface area (Å²) in [7, 11) is 0. The van der Waals surface area contributed by atoms with Gasteiger partial charge in [0.1, 0.15) is 12.4 Å². The third-order valence-corrected chi connectivity index (χ3v) is 3.18. The molecule has 0 aliphatic carbocycles. The van der Waals surface area contributed by atoms with Gasteiger partial charge < -0.3 is 10.1 Å². The Bertz CT molecular complexity index is 522. The van der Waals surface area contributed by atoms with Crippen molar-refractivity contribution in [1.82, 2.24) is 5.32 Å². The second-order valence-corrected chi connectivity index (χ2v) is 4.60. The summed E-state index contributed by atoms with van der Waals surface area (Å²) in [6.45, 7) is 6.66. The van der Waals surface area contributed by atoms with E-state index in [1.54, 1.807) is 0 Å². The average molecular weight is 255 g/mol. The highest BCUT2D eigenvalue weighted by Crippen LogP contribution is 2.20. The lowest BCUT2D eigenvalue weighted by molar-refractivity contribution is 0.301. The van der Waals surface area contributed by atoms with Crippen molar-refractivity contribution < 1.29 is 4.74 Å². The van der Waals surface area contributed by atoms with Crippen LogP contribution in [0.15, 0.2) is 48.5 Å². The first kappa shape index (κ1) is 13.6. The molecule has 0 amide bonds. The second kappa shape index (κ2) is 6.95. The van der Waals surface area contributed by atoms with Crippen LogP contribution in [0.2, 0.25) is 0 Å². The van der Waals surface area contributed by atoms with Gasteiger partial charge in [-0.2, -0.15) is 0 Å². The predicted molar refractivity (Wildman–Crippen MR) is 79.3 cm³/mol. The van der Waals surface area contributed by atoms with Gasteiger partial charge in [0.05, 0.1) is 0 Å². The topological polar surface area (TPSA) is 21.3 Å². The van der Waals surface area contributed by atoms with Gasteiger partial charge in [-0.3, -0.25) is 0 Å². The summed E-state index contributed by atoms with van der Waals surface area (Å²) in [5, 5.41) is 3.33. The van der Waals surface area contributed by atoms with Crippen LogP contribution >= 0.6 is 0 Å². The molecule has 0 aliphatic rings. The van der Waals surface area contributed by atoms with Gasteiger partial charge in [0, 0.05) is 12.1 Å². The average Bonchev–Trinajstić information content (AvgIpc) is 2.45. The van der Waals surface area contributed by atoms with Crippen molar-refractivity contribution in [2.45, 2.75) is 27.0 Å². The van der Waals surface area contributed by atoms with Crippen LogP contribution in [0, 0.1) is 6.92 Å². The Balaban J connectivity index is 2.05. The molecule has 0 saturated heterocycles. The van der Waals surface area contributed by atoms with Crippen LogP contribution in [0.3, 0.4) is 0 Å². The van der Waals surface area contributed by atoms with Crippen LogP contribution in [-0.4, -0.2) is 6.54 Å². The van der Waals surface area contributed by atoms with Gasteiger partial charge in [0.2, 0.25) is 0 Å². The van der Waals surface area contributed by atoms with E-state index in [-0.39, 0.29) is 0 Å². The zero-order valence-electron chi connectivity index (χ0n) is 11.6. The summed E-state index contributed by atoms with van der Waals surface area (Å²) < 4.78 is 5.96. The van der Waals surface area contributed by atoms with Gasteiger partial charge in [0.15, 0.2) is 0 Å². The van der Waals surface area contributed by atoms with Crippen molar-refractivity contribution in [2.75, 3.05) is 6.54 Å². The van der Waals surface area contributed by atoms with Crippen molar-refractivity contribution in [2.24, 2.45) is 0 Å². The Morgan fingerprint density at radius 3 is 2.37 bits per heavy atom. The fourth-order valence-corrected chi connectivity index (χ4v) is 1.98. The Morgan fingerprint density at radius 2 is 1.63 bits per heavy atom. The highest BCUT2D eigenvalue weighted by Gasteiger charge is 2.03. The van der Waals surface area contributed by atoms with E-state index in [9.17, 15) is 0 Å². The van der Waals surface area contributed by atoms with E-state index in [2.05, 4.69) is 49.5 Å². The minimum atomic E-state index is 0.621. The van der Waals surface area contributed by atoms with Gasteiger partial charge in [-0.25, -0.2) is 0 Å². The van der Waals surface area contributed by atoms with E-state index < -0.39 is 0 Å². The van der Waals surface area contributed by atoms with E-state index in [1.165, 1.54) is 16.7 Å². The molecular formula is C17H21NO. The lowest BCUT2D eigenvalue weighted by Crippen LogP contribution is -2.12. The van der Waals surface area contributed by atoms with Crippen LogP contribution in [-0.2, 0) is 13.2 Å². The molecule has 0 radical (unpaired) electrons. The van der Waals surface area contributed by atoms with E-state index in [1.807, 2.05) is 18.2 Å². The van der Waals surface area contributed by atoms with Crippen LogP contribution < -0.4 is 10.1 Å². The molecule has 0 unspecified atom stereocenters. The van der Waals surface area contributed by atoms with Crippen LogP contribution in [0.1, 0.15) is 23.6 Å². The first-order valence-corrected chi connectivity index (χ1v) is 6.77. The van der Waals surface area contributed by atoms with Crippen molar-refractivity contribution in [3.63, 3.8) is 0 Å². The fraction of sp³-hybridized carbons (Fsp3) is 0.294. The summed E-state index contributed by atoms with van der Waals surface area (Å²) in [5.41, 5.74) is 3.71. The molecule has 0 aliphatic heterocycles. The summed E-state index contributed by atoms with van der Waals surface area (Å²) in [6, 6.07) is 16.5. The smallest absolute Gasteiger partial charge is 0.124 e. The molecule has 2 rings (SSSR count). The number of hydrogen-bond acceptors (Lipinski definition) is 2. The second-order valence-electron chi connectivity index (χ2n) is 4.60. The first-order chi connectivity index (χ1) is 9.31. The van der Waals surface area contributed by atoms with Crippen molar-refractivity contribution in [1.29, 1.82) is 0 Å². The van der Waals surface area contributed by atoms with Crippen molar-refractivity contribution in [3.05, 3.63) is 65.2 Å². The first-order valence-electron chi connectivity index (χ1n) is 6.77. The maximum absolute atomic E-state index is 5.96. The minimum Gasteiger partial charge on any atom is -0.489 e. The zero-order chi connectivity index (χ0) is 13.5. The van der Waals surface area contributed by atoms with Crippen molar-refractivity contribution >= 4 is 0 Å². The van der Waals surface area contributed by atoms with Crippen LogP contribution in [0.25, 0.3) is 0 Å². The third kappa shape index (κ3) is 3.83. The normalized spacial score (nSPS) is 10.4. The molecule has 2 aromatic carbocycles. The third-order valence-electron chi connectivity index (χ3n) is 3.18. The van der Waals surface area contributed by atoms with E-state index in [4.69, 9.17) is 4.74 Å². The molecule has 0 heterocycles. The number of para-hydroxylation sites is 1. The van der Waals surface area contributed by atoms with Gasteiger partial charge in [-0.05, 0) is 30.7 Å². The molecule has 2 aromatic rings. The molecule has 2 nitrogen and oxygen atoms in total. The molecule has 0 saturated carbocycles. The molecule has 0 aromatic heterocycles. The lowest BCUT2D eigenvalue weighted by atomic mass is 10.1. The van der Waals surface area contributed by atoms with E-state index in [0.29, 0.717) is 6.61 Å². The van der Waals surface area contributed by atoms with Gasteiger partial charge in [-0.1, -0.05) is 49.4 Å². The van der Waals surface area contributed by atoms with E-state index >= 15 is 0 Å². The number of benzene rings is 2. The summed E-state index contributed by atoms with van der Waals surface area (Å²) in [5.74, 6) is 0.965. The van der Waals surface area contributed by atoms with Gasteiger partial charge in [0.25, 0.3) is 0 Å². The molecule has 2 heteroatoms. The van der Waals surface area contributed by atoms with Crippen LogP contribution in [0.5, 0.6) is 5.75 Å². The molecule has 100 valence electrons. The molecule has 1 N–H and O–H groups in total. The zero-order valence-corrected chi connectivity index (χ0v) is 11.6. The molecule has 0 atom stereocenters. The van der Waals surface area contributed by atoms with Crippen LogP contribution in [0.4, 0.5) is 0 Å². The number of hydrogen-bond donors (Lipinski definition) is 1. The number of aryl methyl sites for hydroxylation is 1. The highest BCUT2D eigenvalue weighted by molar-refractivity contribution is 5.34. The van der Waals surface area contributed by atoms with Gasteiger partial charge >= 0.3 is 0 Å². The van der Waals surface area contributed by atoms with Gasteiger partial charge in [-0.15, -0.1) is 0 Å². The number of rotatable bonds is 6. The highest BCUT2D eigenvalue weighted by atomic mass is 16.5. The Kier molecular flexibility index (Phi) is 4.99. The Labute approximate surface area is 115 Å². The summed E-state index contributed by atoms with van der Waals surface area (Å²) in [4.78, 5) is 0. The standard InChI is InChI=1S/C17H21NO/c1-3-18-12-15-9-6-7-11-17(15)19-13-16-10-5-4-8-14(16)2/h4-11,18H,3,12-13H2,1-2H3. The molecular weight excluding hydrogens is 234 g/mol. The predicted octanol–water partition coefficient (Wildman–Crippen LogP) is 3.68. The number of nitrogens with one attached hydrogen (secondary N) is 1.